The van der Waals surface area contributed by atoms with Crippen LogP contribution in [0.3, 0.4) is 0 Å². The molecule has 0 bridgehead atoms. The quantitative estimate of drug-likeness (QED) is 0.494. The molecular formula is C12H15N3O4. The van der Waals surface area contributed by atoms with Crippen molar-refractivity contribution in [2.45, 2.75) is 0 Å². The largest absolute Gasteiger partial charge is 0.465 e. The number of hydrogen-bond donors (Lipinski definition) is 1. The number of piperazine rings is 1. The number of methoxy groups -OCH3 is 1. The van der Waals surface area contributed by atoms with Crippen LogP contribution in [0.5, 0.6) is 0 Å². The van der Waals surface area contributed by atoms with E-state index in [1.54, 1.807) is 0 Å². The molecule has 0 aliphatic carbocycles. The van der Waals surface area contributed by atoms with Crippen molar-refractivity contribution in [3.8, 4) is 0 Å². The topological polar surface area (TPSA) is 84.7 Å². The van der Waals surface area contributed by atoms with Crippen molar-refractivity contribution >= 4 is 17.3 Å². The van der Waals surface area contributed by atoms with E-state index in [0.717, 1.165) is 13.1 Å². The molecule has 0 aromatic heterocycles. The molecule has 7 heteroatoms. The molecule has 1 aliphatic rings. The highest BCUT2D eigenvalue weighted by molar-refractivity contribution is 5.91. The first-order valence-corrected chi connectivity index (χ1v) is 5.96. The predicted octanol–water partition coefficient (Wildman–Crippen LogP) is 0.791. The summed E-state index contributed by atoms with van der Waals surface area (Å²) in [7, 11) is 1.29. The lowest BCUT2D eigenvalue weighted by molar-refractivity contribution is -0.384. The number of esters is 1. The summed E-state index contributed by atoms with van der Waals surface area (Å²) < 4.78 is 4.64. The lowest BCUT2D eigenvalue weighted by Crippen LogP contribution is -2.43. The third kappa shape index (κ3) is 2.82. The zero-order valence-electron chi connectivity index (χ0n) is 10.6. The first kappa shape index (κ1) is 13.3. The summed E-state index contributed by atoms with van der Waals surface area (Å²) in [6.45, 7) is 2.87. The molecule has 0 radical (unpaired) electrons. The maximum atomic E-state index is 11.5. The average Bonchev–Trinajstić information content (AvgIpc) is 2.46. The summed E-state index contributed by atoms with van der Waals surface area (Å²) in [6, 6.07) is 4.29. The zero-order valence-corrected chi connectivity index (χ0v) is 10.6. The molecular weight excluding hydrogens is 250 g/mol. The first-order chi connectivity index (χ1) is 9.13. The lowest BCUT2D eigenvalue weighted by Gasteiger charge is -2.29. The van der Waals surface area contributed by atoms with Gasteiger partial charge < -0.3 is 15.0 Å². The Morgan fingerprint density at radius 3 is 2.68 bits per heavy atom. The molecule has 7 nitrogen and oxygen atoms in total. The molecule has 1 fully saturated rings. The number of rotatable bonds is 3. The van der Waals surface area contributed by atoms with Gasteiger partial charge in [-0.1, -0.05) is 0 Å². The van der Waals surface area contributed by atoms with Crippen molar-refractivity contribution in [2.24, 2.45) is 0 Å². The summed E-state index contributed by atoms with van der Waals surface area (Å²) in [5.41, 5.74) is 0.797. The van der Waals surface area contributed by atoms with Gasteiger partial charge in [0, 0.05) is 32.2 Å². The van der Waals surface area contributed by atoms with E-state index in [1.165, 1.54) is 25.3 Å². The number of nitro benzene ring substituents is 1. The Bertz CT molecular complexity index is 498. The van der Waals surface area contributed by atoms with E-state index in [4.69, 9.17) is 0 Å². The maximum Gasteiger partial charge on any atom is 0.337 e. The number of ether oxygens (including phenoxy) is 1. The van der Waals surface area contributed by atoms with Crippen LogP contribution in [0.4, 0.5) is 11.4 Å². The summed E-state index contributed by atoms with van der Waals surface area (Å²) >= 11 is 0. The van der Waals surface area contributed by atoms with Crippen molar-refractivity contribution in [3.05, 3.63) is 33.9 Å². The molecule has 0 amide bonds. The van der Waals surface area contributed by atoms with Gasteiger partial charge in [0.2, 0.25) is 0 Å². The summed E-state index contributed by atoms with van der Waals surface area (Å²) in [6.07, 6.45) is 0. The average molecular weight is 265 g/mol. The highest BCUT2D eigenvalue weighted by atomic mass is 16.6. The van der Waals surface area contributed by atoms with Crippen LogP contribution in [0.1, 0.15) is 10.4 Å². The highest BCUT2D eigenvalue weighted by Crippen LogP contribution is 2.29. The van der Waals surface area contributed by atoms with E-state index in [1.807, 2.05) is 4.90 Å². The van der Waals surface area contributed by atoms with Gasteiger partial charge in [-0.05, 0) is 12.1 Å². The van der Waals surface area contributed by atoms with Crippen LogP contribution in [0.25, 0.3) is 0 Å². The molecule has 102 valence electrons. The second kappa shape index (κ2) is 5.66. The minimum Gasteiger partial charge on any atom is -0.465 e. The van der Waals surface area contributed by atoms with Gasteiger partial charge in [-0.3, -0.25) is 10.1 Å². The summed E-state index contributed by atoms with van der Waals surface area (Å²) in [4.78, 5) is 24.0. The number of nitrogens with one attached hydrogen (secondary N) is 1. The van der Waals surface area contributed by atoms with Crippen LogP contribution in [0.15, 0.2) is 18.2 Å². The normalized spacial score (nSPS) is 15.1. The molecule has 0 atom stereocenters. The van der Waals surface area contributed by atoms with Crippen molar-refractivity contribution in [3.63, 3.8) is 0 Å². The number of carbonyl (C=O) groups is 1. The molecule has 1 aromatic carbocycles. The molecule has 0 unspecified atom stereocenters. The molecule has 1 N–H and O–H groups in total. The molecule has 1 aliphatic heterocycles. The van der Waals surface area contributed by atoms with E-state index in [-0.39, 0.29) is 5.69 Å². The van der Waals surface area contributed by atoms with Gasteiger partial charge in [0.05, 0.1) is 17.6 Å². The van der Waals surface area contributed by atoms with Crippen LogP contribution in [-0.2, 0) is 4.74 Å². The zero-order chi connectivity index (χ0) is 13.8. The van der Waals surface area contributed by atoms with E-state index in [2.05, 4.69) is 10.1 Å². The van der Waals surface area contributed by atoms with Crippen LogP contribution in [0, 0.1) is 10.1 Å². The van der Waals surface area contributed by atoms with E-state index in [9.17, 15) is 14.9 Å². The Kier molecular flexibility index (Phi) is 3.96. The van der Waals surface area contributed by atoms with Gasteiger partial charge in [0.25, 0.3) is 5.69 Å². The van der Waals surface area contributed by atoms with Gasteiger partial charge in [-0.2, -0.15) is 0 Å². The number of anilines is 1. The Balaban J connectivity index is 2.40. The fraction of sp³-hybridized carbons (Fsp3) is 0.417. The predicted molar refractivity (Wildman–Crippen MR) is 69.5 cm³/mol. The van der Waals surface area contributed by atoms with E-state index >= 15 is 0 Å². The van der Waals surface area contributed by atoms with Gasteiger partial charge in [-0.15, -0.1) is 0 Å². The number of hydrogen-bond acceptors (Lipinski definition) is 6. The standard InChI is InChI=1S/C12H15N3O4/c1-19-12(16)9-2-3-10(15(17)18)11(8-9)14-6-4-13-5-7-14/h2-3,8,13H,4-7H2,1H3. The second-order valence-electron chi connectivity index (χ2n) is 4.19. The van der Waals surface area contributed by atoms with Crippen LogP contribution in [0.2, 0.25) is 0 Å². The summed E-state index contributed by atoms with van der Waals surface area (Å²) in [5, 5.41) is 14.2. The van der Waals surface area contributed by atoms with Crippen molar-refractivity contribution < 1.29 is 14.5 Å². The van der Waals surface area contributed by atoms with Gasteiger partial charge in [0.15, 0.2) is 0 Å². The van der Waals surface area contributed by atoms with E-state index < -0.39 is 10.9 Å². The SMILES string of the molecule is COC(=O)c1ccc([N+](=O)[O-])c(N2CCNCC2)c1. The van der Waals surface area contributed by atoms with E-state index in [0.29, 0.717) is 24.3 Å². The van der Waals surface area contributed by atoms with Crippen LogP contribution in [-0.4, -0.2) is 44.2 Å². The molecule has 1 heterocycles. The van der Waals surface area contributed by atoms with Crippen molar-refractivity contribution in [2.75, 3.05) is 38.2 Å². The maximum absolute atomic E-state index is 11.5. The molecule has 2 rings (SSSR count). The van der Waals surface area contributed by atoms with Gasteiger partial charge >= 0.3 is 5.97 Å². The smallest absolute Gasteiger partial charge is 0.337 e. The Morgan fingerprint density at radius 2 is 2.11 bits per heavy atom. The van der Waals surface area contributed by atoms with Crippen LogP contribution < -0.4 is 10.2 Å². The first-order valence-electron chi connectivity index (χ1n) is 5.96. The number of nitro groups is 1. The second-order valence-corrected chi connectivity index (χ2v) is 4.19. The Hall–Kier alpha value is -2.15. The third-order valence-corrected chi connectivity index (χ3v) is 3.05. The molecule has 1 aromatic rings. The monoisotopic (exact) mass is 265 g/mol. The molecule has 0 spiro atoms. The molecule has 1 saturated heterocycles. The number of carbonyl (C=O) groups excluding carboxylic acids is 1. The third-order valence-electron chi connectivity index (χ3n) is 3.05. The van der Waals surface area contributed by atoms with Gasteiger partial charge in [-0.25, -0.2) is 4.79 Å². The van der Waals surface area contributed by atoms with Crippen LogP contribution >= 0.6 is 0 Å². The van der Waals surface area contributed by atoms with Crippen molar-refractivity contribution in [1.29, 1.82) is 0 Å². The minimum absolute atomic E-state index is 0.00885. The number of nitrogens with zero attached hydrogens (tertiary/aromatic N) is 2. The molecule has 19 heavy (non-hydrogen) atoms. The summed E-state index contributed by atoms with van der Waals surface area (Å²) in [5.74, 6) is -0.494. The minimum atomic E-state index is -0.494. The molecule has 0 saturated carbocycles. The fourth-order valence-corrected chi connectivity index (χ4v) is 2.08. The Morgan fingerprint density at radius 1 is 1.42 bits per heavy atom. The Labute approximate surface area is 110 Å². The lowest BCUT2D eigenvalue weighted by atomic mass is 10.1. The number of benzene rings is 1. The van der Waals surface area contributed by atoms with Crippen molar-refractivity contribution in [1.82, 2.24) is 5.32 Å². The fourth-order valence-electron chi connectivity index (χ4n) is 2.08. The van der Waals surface area contributed by atoms with Gasteiger partial charge in [0.1, 0.15) is 5.69 Å². The highest BCUT2D eigenvalue weighted by Gasteiger charge is 2.22.